The van der Waals surface area contributed by atoms with Crippen molar-refractivity contribution in [2.24, 2.45) is 0 Å². The maximum atomic E-state index is 12.5. The van der Waals surface area contributed by atoms with Gasteiger partial charge in [-0.25, -0.2) is 13.2 Å². The van der Waals surface area contributed by atoms with Crippen LogP contribution >= 0.6 is 11.5 Å². The number of aromatic nitrogens is 1. The monoisotopic (exact) mass is 423 g/mol. The van der Waals surface area contributed by atoms with Gasteiger partial charge in [0.2, 0.25) is 10.0 Å². The van der Waals surface area contributed by atoms with Crippen LogP contribution in [0.2, 0.25) is 0 Å². The van der Waals surface area contributed by atoms with Gasteiger partial charge in [0.25, 0.3) is 0 Å². The molecule has 1 aromatic carbocycles. The topological polar surface area (TPSA) is 106 Å². The molecule has 0 amide bonds. The lowest BCUT2D eigenvalue weighted by atomic mass is 10.1. The number of ketones is 1. The van der Waals surface area contributed by atoms with Crippen molar-refractivity contribution >= 4 is 38.3 Å². The van der Waals surface area contributed by atoms with Crippen molar-refractivity contribution in [3.8, 4) is 0 Å². The molecular weight excluding hydrogens is 402 g/mol. The molecule has 0 aliphatic carbocycles. The molecule has 0 radical (unpaired) electrons. The van der Waals surface area contributed by atoms with Crippen LogP contribution in [0.15, 0.2) is 29.2 Å². The molecule has 10 heteroatoms. The number of carbonyl (C=O) groups is 2. The summed E-state index contributed by atoms with van der Waals surface area (Å²) in [5.74, 6) is -1.04. The van der Waals surface area contributed by atoms with Crippen molar-refractivity contribution in [2.45, 2.75) is 24.7 Å². The van der Waals surface area contributed by atoms with Gasteiger partial charge in [0.05, 0.1) is 10.6 Å². The molecule has 8 nitrogen and oxygen atoms in total. The molecule has 3 rings (SSSR count). The van der Waals surface area contributed by atoms with Crippen molar-refractivity contribution in [2.75, 3.05) is 32.1 Å². The predicted octanol–water partition coefficient (Wildman–Crippen LogP) is 2.32. The summed E-state index contributed by atoms with van der Waals surface area (Å²) in [6.45, 7) is 2.29. The first-order chi connectivity index (χ1) is 13.3. The minimum atomic E-state index is -3.53. The van der Waals surface area contributed by atoms with E-state index in [2.05, 4.69) is 9.69 Å². The fraction of sp³-hybridized carbons (Fsp3) is 0.389. The fourth-order valence-electron chi connectivity index (χ4n) is 2.96. The van der Waals surface area contributed by atoms with E-state index in [-0.39, 0.29) is 10.5 Å². The molecular formula is C18H21N3O5S2. The lowest BCUT2D eigenvalue weighted by Crippen LogP contribution is -2.27. The van der Waals surface area contributed by atoms with Crippen molar-refractivity contribution in [1.29, 1.82) is 0 Å². The zero-order valence-corrected chi connectivity index (χ0v) is 17.2. The average molecular weight is 424 g/mol. The van der Waals surface area contributed by atoms with Crippen molar-refractivity contribution < 1.29 is 22.7 Å². The molecule has 0 bridgehead atoms. The van der Waals surface area contributed by atoms with E-state index in [1.54, 1.807) is 14.0 Å². The van der Waals surface area contributed by atoms with Gasteiger partial charge in [0.15, 0.2) is 12.4 Å². The van der Waals surface area contributed by atoms with Gasteiger partial charge in [-0.05, 0) is 55.6 Å². The highest BCUT2D eigenvalue weighted by molar-refractivity contribution is 7.89. The third-order valence-corrected chi connectivity index (χ3v) is 7.38. The van der Waals surface area contributed by atoms with Crippen LogP contribution in [0.3, 0.4) is 0 Å². The second-order valence-corrected chi connectivity index (χ2v) is 9.07. The number of rotatable bonds is 7. The SMILES string of the molecule is CNc1snc(C)c1C(=O)OCC(=O)c1ccc(S(=O)(=O)N2CCCC2)cc1. The standard InChI is InChI=1S/C18H21N3O5S2/c1-12-16(17(19-2)27-20-12)18(23)26-11-15(22)13-5-7-14(8-6-13)28(24,25)21-9-3-4-10-21/h5-8,19H,3-4,9-11H2,1-2H3. The molecule has 1 saturated heterocycles. The summed E-state index contributed by atoms with van der Waals surface area (Å²) in [4.78, 5) is 24.7. The number of esters is 1. The number of ether oxygens (including phenoxy) is 1. The lowest BCUT2D eigenvalue weighted by Gasteiger charge is -2.15. The van der Waals surface area contributed by atoms with E-state index in [0.29, 0.717) is 29.3 Å². The Morgan fingerprint density at radius 1 is 1.21 bits per heavy atom. The molecule has 28 heavy (non-hydrogen) atoms. The molecule has 0 saturated carbocycles. The van der Waals surface area contributed by atoms with Crippen LogP contribution in [0.5, 0.6) is 0 Å². The summed E-state index contributed by atoms with van der Waals surface area (Å²) >= 11 is 1.14. The van der Waals surface area contributed by atoms with E-state index in [4.69, 9.17) is 4.74 Å². The highest BCUT2D eigenvalue weighted by atomic mass is 32.2. The Labute approximate surface area is 167 Å². The minimum Gasteiger partial charge on any atom is -0.454 e. The first kappa shape index (κ1) is 20.4. The van der Waals surface area contributed by atoms with E-state index in [1.165, 1.54) is 28.6 Å². The van der Waals surface area contributed by atoms with Gasteiger partial charge in [-0.3, -0.25) is 4.79 Å². The molecule has 0 spiro atoms. The molecule has 1 N–H and O–H groups in total. The molecule has 1 aliphatic rings. The number of anilines is 1. The third-order valence-electron chi connectivity index (χ3n) is 4.51. The van der Waals surface area contributed by atoms with E-state index < -0.39 is 28.4 Å². The lowest BCUT2D eigenvalue weighted by molar-refractivity contribution is 0.0475. The maximum Gasteiger partial charge on any atom is 0.343 e. The Hall–Kier alpha value is -2.30. The Balaban J connectivity index is 1.65. The van der Waals surface area contributed by atoms with Crippen LogP contribution in [0.25, 0.3) is 0 Å². The molecule has 1 fully saturated rings. The number of benzene rings is 1. The second-order valence-electron chi connectivity index (χ2n) is 6.36. The van der Waals surface area contributed by atoms with E-state index in [0.717, 1.165) is 24.4 Å². The van der Waals surface area contributed by atoms with Gasteiger partial charge < -0.3 is 10.1 Å². The first-order valence-electron chi connectivity index (χ1n) is 8.79. The molecule has 1 aliphatic heterocycles. The highest BCUT2D eigenvalue weighted by Gasteiger charge is 2.27. The summed E-state index contributed by atoms with van der Waals surface area (Å²) in [6, 6.07) is 5.70. The van der Waals surface area contributed by atoms with Crippen molar-refractivity contribution in [3.63, 3.8) is 0 Å². The normalized spacial score (nSPS) is 14.8. The number of nitrogens with one attached hydrogen (secondary N) is 1. The number of carbonyl (C=O) groups excluding carboxylic acids is 2. The van der Waals surface area contributed by atoms with Crippen LogP contribution < -0.4 is 5.32 Å². The Morgan fingerprint density at radius 3 is 2.46 bits per heavy atom. The largest absolute Gasteiger partial charge is 0.454 e. The maximum absolute atomic E-state index is 12.5. The number of aryl methyl sites for hydroxylation is 1. The number of hydrogen-bond donors (Lipinski definition) is 1. The third kappa shape index (κ3) is 4.08. The summed E-state index contributed by atoms with van der Waals surface area (Å²) < 4.78 is 35.7. The quantitative estimate of drug-likeness (QED) is 0.538. The molecule has 1 aromatic heterocycles. The van der Waals surface area contributed by atoms with Crippen LogP contribution in [-0.2, 0) is 14.8 Å². The van der Waals surface area contributed by atoms with Crippen LogP contribution in [0.4, 0.5) is 5.00 Å². The summed E-state index contributed by atoms with van der Waals surface area (Å²) in [5, 5.41) is 3.44. The number of Topliss-reactive ketones (excluding diaryl/α,β-unsaturated/α-hetero) is 1. The van der Waals surface area contributed by atoms with Gasteiger partial charge in [-0.1, -0.05) is 0 Å². The summed E-state index contributed by atoms with van der Waals surface area (Å²) in [6.07, 6.45) is 1.71. The average Bonchev–Trinajstić information content (AvgIpc) is 3.36. The summed E-state index contributed by atoms with van der Waals surface area (Å²) in [5.41, 5.74) is 1.12. The van der Waals surface area contributed by atoms with Crippen molar-refractivity contribution in [1.82, 2.24) is 8.68 Å². The molecule has 2 aromatic rings. The first-order valence-corrected chi connectivity index (χ1v) is 11.0. The van der Waals surface area contributed by atoms with E-state index in [1.807, 2.05) is 0 Å². The Kier molecular flexibility index (Phi) is 6.11. The molecule has 2 heterocycles. The van der Waals surface area contributed by atoms with Crippen LogP contribution in [0, 0.1) is 6.92 Å². The minimum absolute atomic E-state index is 0.154. The van der Waals surface area contributed by atoms with Gasteiger partial charge >= 0.3 is 5.97 Å². The zero-order valence-electron chi connectivity index (χ0n) is 15.6. The Bertz CT molecular complexity index is 977. The number of hydrogen-bond acceptors (Lipinski definition) is 8. The highest BCUT2D eigenvalue weighted by Crippen LogP contribution is 2.25. The van der Waals surface area contributed by atoms with Crippen LogP contribution in [0.1, 0.15) is 39.3 Å². The number of nitrogens with zero attached hydrogens (tertiary/aromatic N) is 2. The van der Waals surface area contributed by atoms with Gasteiger partial charge in [-0.2, -0.15) is 8.68 Å². The predicted molar refractivity (Wildman–Crippen MR) is 105 cm³/mol. The zero-order chi connectivity index (χ0) is 20.3. The van der Waals surface area contributed by atoms with E-state index in [9.17, 15) is 18.0 Å². The molecule has 0 atom stereocenters. The Morgan fingerprint density at radius 2 is 1.86 bits per heavy atom. The second kappa shape index (κ2) is 8.38. The number of sulfonamides is 1. The van der Waals surface area contributed by atoms with Crippen molar-refractivity contribution in [3.05, 3.63) is 41.1 Å². The molecule has 150 valence electrons. The van der Waals surface area contributed by atoms with Gasteiger partial charge in [-0.15, -0.1) is 0 Å². The summed E-state index contributed by atoms with van der Waals surface area (Å²) in [7, 11) is -1.85. The van der Waals surface area contributed by atoms with Gasteiger partial charge in [0, 0.05) is 25.7 Å². The van der Waals surface area contributed by atoms with E-state index >= 15 is 0 Å². The fourth-order valence-corrected chi connectivity index (χ4v) is 5.21. The smallest absolute Gasteiger partial charge is 0.343 e. The van der Waals surface area contributed by atoms with Crippen LogP contribution in [-0.4, -0.2) is 55.6 Å². The molecule has 0 unspecified atom stereocenters. The van der Waals surface area contributed by atoms with Gasteiger partial charge in [0.1, 0.15) is 10.6 Å².